The molecule has 0 aromatic rings. The van der Waals surface area contributed by atoms with Gasteiger partial charge in [0.25, 0.3) is 5.91 Å². The van der Waals surface area contributed by atoms with Crippen molar-refractivity contribution in [3.8, 4) is 0 Å². The lowest BCUT2D eigenvalue weighted by atomic mass is 10.1. The predicted octanol–water partition coefficient (Wildman–Crippen LogP) is 2.13. The summed E-state index contributed by atoms with van der Waals surface area (Å²) in [4.78, 5) is 9.83. The Balaban J connectivity index is 4.32. The van der Waals surface area contributed by atoms with Crippen molar-refractivity contribution in [2.24, 2.45) is 5.92 Å². The Morgan fingerprint density at radius 2 is 1.73 bits per heavy atom. The Hall–Kier alpha value is 0.200. The number of alkyl halides is 1. The van der Waals surface area contributed by atoms with Gasteiger partial charge in [0.15, 0.2) is 0 Å². The van der Waals surface area contributed by atoms with Crippen molar-refractivity contribution >= 4 is 7.94 Å². The van der Waals surface area contributed by atoms with Crippen LogP contribution in [0.2, 0.25) is 0 Å². The molecule has 0 saturated carbocycles. The zero-order valence-corrected chi connectivity index (χ0v) is 10.4. The van der Waals surface area contributed by atoms with Gasteiger partial charge in [-0.1, -0.05) is 6.92 Å². The first kappa shape index (κ1) is 15.2. The van der Waals surface area contributed by atoms with Gasteiger partial charge in [0, 0.05) is 13.0 Å². The van der Waals surface area contributed by atoms with Gasteiger partial charge in [0.2, 0.25) is 0 Å². The normalized spacial score (nSPS) is 16.4. The number of aliphatic hydroxyl groups is 1. The molecule has 2 unspecified atom stereocenters. The molecule has 0 rings (SSSR count). The van der Waals surface area contributed by atoms with Crippen molar-refractivity contribution in [3.63, 3.8) is 0 Å². The van der Waals surface area contributed by atoms with E-state index in [4.69, 9.17) is 14.2 Å². The molecule has 92 valence electrons. The number of aliphatic hydroxyl groups excluding tert-OH is 1. The van der Waals surface area contributed by atoms with Crippen molar-refractivity contribution in [2.45, 2.75) is 33.1 Å². The minimum Gasteiger partial charge on any atom is -0.396 e. The third-order valence-corrected chi connectivity index (χ3v) is 4.07. The fraction of sp³-hybridized carbons (Fsp3) is 1.00. The molecular weight excluding hydrogens is 222 g/mol. The monoisotopic (exact) mass is 243 g/mol. The third kappa shape index (κ3) is 5.18. The quantitative estimate of drug-likeness (QED) is 0.641. The Morgan fingerprint density at radius 3 is 2.07 bits per heavy atom. The largest absolute Gasteiger partial charge is 0.444 e. The number of halogens is 1. The van der Waals surface area contributed by atoms with Gasteiger partial charge in [-0.3, -0.25) is 0 Å². The lowest BCUT2D eigenvalue weighted by Crippen LogP contribution is -2.18. The average molecular weight is 243 g/mol. The Kier molecular flexibility index (Phi) is 7.57. The van der Waals surface area contributed by atoms with Crippen LogP contribution in [0.15, 0.2) is 0 Å². The topological polar surface area (TPSA) is 58.9 Å². The van der Waals surface area contributed by atoms with E-state index < -0.39 is 13.9 Å². The van der Waals surface area contributed by atoms with Crippen LogP contribution in [0.1, 0.15) is 27.2 Å². The predicted molar refractivity (Wildman–Crippen MR) is 58.2 cm³/mol. The smallest absolute Gasteiger partial charge is 0.396 e. The standard InChI is InChI=1S/C9H21FO4P/c1-4-13-15(12,14-5-2)9(10)6-8(3)7-11/h8-9,11-12H,4-7H2,1-3H3/q+1. The van der Waals surface area contributed by atoms with Gasteiger partial charge in [-0.25, -0.2) is 0 Å². The van der Waals surface area contributed by atoms with E-state index in [1.807, 2.05) is 0 Å². The van der Waals surface area contributed by atoms with Crippen LogP contribution in [-0.2, 0) is 9.05 Å². The summed E-state index contributed by atoms with van der Waals surface area (Å²) in [5.41, 5.74) is 0. The van der Waals surface area contributed by atoms with E-state index in [1.165, 1.54) is 0 Å². The summed E-state index contributed by atoms with van der Waals surface area (Å²) in [6.45, 7) is 5.35. The summed E-state index contributed by atoms with van der Waals surface area (Å²) < 4.78 is 23.6. The summed E-state index contributed by atoms with van der Waals surface area (Å²) in [7, 11) is -3.41. The molecule has 0 aromatic carbocycles. The fourth-order valence-electron chi connectivity index (χ4n) is 1.11. The minimum atomic E-state index is -3.41. The minimum absolute atomic E-state index is 0.0424. The molecule has 0 bridgehead atoms. The van der Waals surface area contributed by atoms with E-state index in [-0.39, 0.29) is 32.2 Å². The second kappa shape index (κ2) is 7.47. The first-order chi connectivity index (χ1) is 7.00. The second-order valence-corrected chi connectivity index (χ2v) is 5.56. The SMILES string of the molecule is CCO[P+](O)(OCC)C(F)CC(C)CO. The van der Waals surface area contributed by atoms with Crippen LogP contribution in [0.25, 0.3) is 0 Å². The van der Waals surface area contributed by atoms with Crippen LogP contribution in [0.3, 0.4) is 0 Å². The van der Waals surface area contributed by atoms with Crippen LogP contribution >= 0.6 is 7.94 Å². The molecule has 0 aromatic heterocycles. The highest BCUT2D eigenvalue weighted by Gasteiger charge is 2.51. The maximum atomic E-state index is 13.7. The second-order valence-electron chi connectivity index (χ2n) is 3.36. The lowest BCUT2D eigenvalue weighted by molar-refractivity contribution is 0.142. The van der Waals surface area contributed by atoms with Crippen LogP contribution in [0.5, 0.6) is 0 Å². The Bertz CT molecular complexity index is 164. The molecule has 2 atom stereocenters. The van der Waals surface area contributed by atoms with Gasteiger partial charge in [0.1, 0.15) is 0 Å². The van der Waals surface area contributed by atoms with E-state index in [0.29, 0.717) is 0 Å². The highest BCUT2D eigenvalue weighted by atomic mass is 31.2. The molecular formula is C9H21FO4P+. The van der Waals surface area contributed by atoms with E-state index in [0.717, 1.165) is 0 Å². The third-order valence-electron chi connectivity index (χ3n) is 1.89. The molecule has 0 radical (unpaired) electrons. The van der Waals surface area contributed by atoms with E-state index >= 15 is 0 Å². The van der Waals surface area contributed by atoms with Gasteiger partial charge in [0.05, 0.1) is 13.2 Å². The van der Waals surface area contributed by atoms with E-state index in [2.05, 4.69) is 0 Å². The molecule has 4 nitrogen and oxygen atoms in total. The van der Waals surface area contributed by atoms with Crippen molar-refractivity contribution < 1.29 is 23.4 Å². The summed E-state index contributed by atoms with van der Waals surface area (Å²) in [6, 6.07) is 0. The molecule has 0 aliphatic heterocycles. The molecule has 0 aliphatic rings. The summed E-state index contributed by atoms with van der Waals surface area (Å²) in [6.07, 6.45) is 0.0424. The van der Waals surface area contributed by atoms with Crippen molar-refractivity contribution in [3.05, 3.63) is 0 Å². The molecule has 2 N–H and O–H groups in total. The van der Waals surface area contributed by atoms with Crippen molar-refractivity contribution in [1.29, 1.82) is 0 Å². The highest BCUT2D eigenvalue weighted by Crippen LogP contribution is 2.63. The van der Waals surface area contributed by atoms with Gasteiger partial charge in [-0.05, 0) is 19.8 Å². The molecule has 0 amide bonds. The summed E-state index contributed by atoms with van der Waals surface area (Å²) >= 11 is 0. The summed E-state index contributed by atoms with van der Waals surface area (Å²) in [5.74, 6) is -1.77. The van der Waals surface area contributed by atoms with Gasteiger partial charge in [-0.2, -0.15) is 18.3 Å². The number of hydrogen-bond acceptors (Lipinski definition) is 4. The van der Waals surface area contributed by atoms with Gasteiger partial charge >= 0.3 is 7.94 Å². The number of hydrogen-bond donors (Lipinski definition) is 2. The fourth-order valence-corrected chi connectivity index (χ4v) is 2.87. The van der Waals surface area contributed by atoms with Crippen LogP contribution in [0, 0.1) is 5.92 Å². The van der Waals surface area contributed by atoms with Gasteiger partial charge < -0.3 is 5.11 Å². The zero-order valence-electron chi connectivity index (χ0n) is 9.52. The number of rotatable bonds is 8. The lowest BCUT2D eigenvalue weighted by Gasteiger charge is -2.20. The summed E-state index contributed by atoms with van der Waals surface area (Å²) in [5, 5.41) is 8.79. The van der Waals surface area contributed by atoms with E-state index in [9.17, 15) is 9.28 Å². The molecule has 0 heterocycles. The average Bonchev–Trinajstić information content (AvgIpc) is 2.18. The van der Waals surface area contributed by atoms with Crippen LogP contribution in [-0.4, -0.2) is 35.7 Å². The molecule has 0 saturated heterocycles. The molecule has 6 heteroatoms. The van der Waals surface area contributed by atoms with Gasteiger partial charge in [-0.15, -0.1) is 0 Å². The maximum absolute atomic E-state index is 13.7. The van der Waals surface area contributed by atoms with Crippen molar-refractivity contribution in [2.75, 3.05) is 19.8 Å². The first-order valence-electron chi connectivity index (χ1n) is 5.15. The Labute approximate surface area is 91.0 Å². The van der Waals surface area contributed by atoms with E-state index in [1.54, 1.807) is 20.8 Å². The molecule has 0 fully saturated rings. The van der Waals surface area contributed by atoms with Crippen LogP contribution in [0.4, 0.5) is 4.39 Å². The highest BCUT2D eigenvalue weighted by molar-refractivity contribution is 7.61. The molecule has 0 spiro atoms. The molecule has 0 aliphatic carbocycles. The zero-order chi connectivity index (χ0) is 11.9. The maximum Gasteiger partial charge on any atom is 0.444 e. The first-order valence-corrected chi connectivity index (χ1v) is 6.80. The Morgan fingerprint density at radius 1 is 1.27 bits per heavy atom. The van der Waals surface area contributed by atoms with Crippen molar-refractivity contribution in [1.82, 2.24) is 0 Å². The van der Waals surface area contributed by atoms with Crippen LogP contribution < -0.4 is 0 Å². The molecule has 15 heavy (non-hydrogen) atoms.